The maximum Gasteiger partial charge on any atom is 0.407 e. The number of nitrogens with zero attached hydrogens (tertiary/aromatic N) is 2. The summed E-state index contributed by atoms with van der Waals surface area (Å²) in [6, 6.07) is 6.79. The minimum Gasteiger partial charge on any atom is -0.619 e. The Morgan fingerprint density at radius 1 is 1.21 bits per heavy atom. The summed E-state index contributed by atoms with van der Waals surface area (Å²) in [6.07, 6.45) is -2.29. The highest BCUT2D eigenvalue weighted by molar-refractivity contribution is 6.35. The number of aromatic nitrogens is 2. The third kappa shape index (κ3) is 3.00. The van der Waals surface area contributed by atoms with Gasteiger partial charge in [0.05, 0.1) is 21.8 Å². The fraction of sp³-hybridized carbons (Fsp3) is 0.125. The lowest BCUT2D eigenvalue weighted by Crippen LogP contribution is -2.29. The Hall–Kier alpha value is -2.38. The molecule has 24 heavy (non-hydrogen) atoms. The van der Waals surface area contributed by atoms with E-state index in [0.717, 1.165) is 6.20 Å². The zero-order chi connectivity index (χ0) is 17.5. The predicted molar refractivity (Wildman–Crippen MR) is 84.1 cm³/mol. The van der Waals surface area contributed by atoms with Crippen LogP contribution in [0.5, 0.6) is 0 Å². The summed E-state index contributed by atoms with van der Waals surface area (Å²) in [7, 11) is 0. The average molecular weight is 354 g/mol. The number of alkyl halides is 3. The van der Waals surface area contributed by atoms with Crippen LogP contribution >= 0.6 is 11.6 Å². The Kier molecular flexibility index (Phi) is 4.06. The van der Waals surface area contributed by atoms with Gasteiger partial charge in [0.2, 0.25) is 0 Å². The number of rotatable bonds is 2. The lowest BCUT2D eigenvalue weighted by molar-refractivity contribution is -0.604. The van der Waals surface area contributed by atoms with Gasteiger partial charge in [-0.25, -0.2) is 4.98 Å². The van der Waals surface area contributed by atoms with E-state index in [1.807, 2.05) is 0 Å². The van der Waals surface area contributed by atoms with E-state index in [2.05, 4.69) is 4.98 Å². The molecule has 0 fully saturated rings. The number of para-hydroxylation sites is 1. The quantitative estimate of drug-likeness (QED) is 0.563. The average Bonchev–Trinajstić information content (AvgIpc) is 2.52. The maximum absolute atomic E-state index is 13.1. The lowest BCUT2D eigenvalue weighted by Gasteiger charge is -2.19. The van der Waals surface area contributed by atoms with Crippen molar-refractivity contribution < 1.29 is 17.9 Å². The van der Waals surface area contributed by atoms with Gasteiger partial charge >= 0.3 is 6.18 Å². The maximum atomic E-state index is 13.1. The minimum absolute atomic E-state index is 0.0226. The van der Waals surface area contributed by atoms with Crippen LogP contribution in [0.25, 0.3) is 22.2 Å². The van der Waals surface area contributed by atoms with Crippen molar-refractivity contribution in [3.05, 3.63) is 64.6 Å². The van der Waals surface area contributed by atoms with Crippen molar-refractivity contribution in [2.24, 2.45) is 5.73 Å². The molecule has 0 saturated heterocycles. The van der Waals surface area contributed by atoms with E-state index in [1.165, 1.54) is 24.4 Å². The third-order valence-electron chi connectivity index (χ3n) is 3.56. The van der Waals surface area contributed by atoms with E-state index in [9.17, 15) is 18.4 Å². The second-order valence-corrected chi connectivity index (χ2v) is 5.62. The van der Waals surface area contributed by atoms with Gasteiger partial charge in [-0.15, -0.1) is 0 Å². The first kappa shape index (κ1) is 16.5. The highest BCUT2D eigenvalue weighted by Crippen LogP contribution is 2.37. The molecule has 0 bridgehead atoms. The van der Waals surface area contributed by atoms with Crippen molar-refractivity contribution in [3.63, 3.8) is 0 Å². The summed E-state index contributed by atoms with van der Waals surface area (Å²) < 4.78 is 39.9. The molecule has 2 heterocycles. The highest BCUT2D eigenvalue weighted by atomic mass is 35.5. The smallest absolute Gasteiger partial charge is 0.407 e. The van der Waals surface area contributed by atoms with Gasteiger partial charge in [-0.1, -0.05) is 23.7 Å². The largest absolute Gasteiger partial charge is 0.619 e. The molecule has 2 aromatic heterocycles. The summed E-state index contributed by atoms with van der Waals surface area (Å²) >= 11 is 6.09. The molecule has 1 atom stereocenters. The molecule has 0 saturated carbocycles. The number of fused-ring (bicyclic) bond motifs is 1. The monoisotopic (exact) mass is 353 g/mol. The molecule has 0 unspecified atom stereocenters. The van der Waals surface area contributed by atoms with Crippen molar-refractivity contribution in [2.75, 3.05) is 0 Å². The zero-order valence-electron chi connectivity index (χ0n) is 12.1. The molecule has 0 aliphatic rings. The first-order valence-electron chi connectivity index (χ1n) is 6.88. The van der Waals surface area contributed by atoms with Gasteiger partial charge in [-0.05, 0) is 18.2 Å². The summed E-state index contributed by atoms with van der Waals surface area (Å²) in [5, 5.41) is 12.2. The minimum atomic E-state index is -4.65. The zero-order valence-corrected chi connectivity index (χ0v) is 12.8. The van der Waals surface area contributed by atoms with Gasteiger partial charge < -0.3 is 10.9 Å². The first-order valence-corrected chi connectivity index (χ1v) is 7.26. The van der Waals surface area contributed by atoms with Crippen LogP contribution in [0.15, 0.2) is 48.8 Å². The van der Waals surface area contributed by atoms with Crippen LogP contribution in [0.3, 0.4) is 0 Å². The van der Waals surface area contributed by atoms with Crippen molar-refractivity contribution in [1.82, 2.24) is 4.98 Å². The Balaban J connectivity index is 2.33. The van der Waals surface area contributed by atoms with Gasteiger partial charge in [-0.3, -0.25) is 0 Å². The Morgan fingerprint density at radius 3 is 2.62 bits per heavy atom. The molecule has 3 aromatic rings. The van der Waals surface area contributed by atoms with Crippen LogP contribution in [0.1, 0.15) is 11.6 Å². The number of nitrogens with two attached hydrogens (primary N) is 1. The fourth-order valence-corrected chi connectivity index (χ4v) is 2.64. The van der Waals surface area contributed by atoms with Crippen molar-refractivity contribution in [1.29, 1.82) is 0 Å². The number of hydrogen-bond acceptors (Lipinski definition) is 3. The molecule has 8 heteroatoms. The topological polar surface area (TPSA) is 65.8 Å². The van der Waals surface area contributed by atoms with Crippen molar-refractivity contribution >= 4 is 22.5 Å². The standard InChI is InChI=1S/C16H11ClF3N3O/c17-12-5-1-3-9-7-11(15(21)16(18,19)20)13(22-14(9)12)10-4-2-6-23(24)8-10/h1-8,15H,21H2/t15-/m0/s1. The second kappa shape index (κ2) is 5.92. The van der Waals surface area contributed by atoms with Gasteiger partial charge in [0.25, 0.3) is 0 Å². The van der Waals surface area contributed by atoms with Gasteiger partial charge in [0.1, 0.15) is 6.04 Å². The molecule has 0 aliphatic carbocycles. The molecule has 4 nitrogen and oxygen atoms in total. The molecule has 0 spiro atoms. The second-order valence-electron chi connectivity index (χ2n) is 5.21. The van der Waals surface area contributed by atoms with Gasteiger partial charge in [0.15, 0.2) is 12.4 Å². The van der Waals surface area contributed by atoms with E-state index in [0.29, 0.717) is 20.7 Å². The van der Waals surface area contributed by atoms with E-state index in [4.69, 9.17) is 17.3 Å². The Morgan fingerprint density at radius 2 is 1.96 bits per heavy atom. The van der Waals surface area contributed by atoms with E-state index >= 15 is 0 Å². The number of hydrogen-bond donors (Lipinski definition) is 1. The number of benzene rings is 1. The molecular formula is C16H11ClF3N3O. The van der Waals surface area contributed by atoms with E-state index in [1.54, 1.807) is 18.2 Å². The van der Waals surface area contributed by atoms with Crippen molar-refractivity contribution in [3.8, 4) is 11.3 Å². The van der Waals surface area contributed by atoms with Crippen LogP contribution < -0.4 is 10.5 Å². The molecule has 3 rings (SSSR count). The van der Waals surface area contributed by atoms with E-state index in [-0.39, 0.29) is 16.8 Å². The lowest BCUT2D eigenvalue weighted by atomic mass is 9.98. The SMILES string of the molecule is N[C@@H](c1cc2cccc(Cl)c2nc1-c1ccc[n+]([O-])c1)C(F)(F)F. The van der Waals surface area contributed by atoms with Gasteiger partial charge in [0, 0.05) is 17.0 Å². The van der Waals surface area contributed by atoms with Crippen molar-refractivity contribution in [2.45, 2.75) is 12.2 Å². The summed E-state index contributed by atoms with van der Waals surface area (Å²) in [5.74, 6) is 0. The predicted octanol–water partition coefficient (Wildman–Crippen LogP) is 3.75. The molecular weight excluding hydrogens is 343 g/mol. The first-order chi connectivity index (χ1) is 11.3. The Bertz CT molecular complexity index is 915. The van der Waals surface area contributed by atoms with Crippen LogP contribution in [0.2, 0.25) is 5.02 Å². The number of pyridine rings is 2. The normalized spacial score (nSPS) is 13.2. The molecule has 2 N–H and O–H groups in total. The molecule has 1 aromatic carbocycles. The molecule has 0 aliphatic heterocycles. The van der Waals surface area contributed by atoms with Crippen LogP contribution in [0.4, 0.5) is 13.2 Å². The van der Waals surface area contributed by atoms with Crippen LogP contribution in [-0.4, -0.2) is 11.2 Å². The highest BCUT2D eigenvalue weighted by Gasteiger charge is 2.40. The Labute approximate surface area is 139 Å². The van der Waals surface area contributed by atoms with Crippen LogP contribution in [-0.2, 0) is 0 Å². The fourth-order valence-electron chi connectivity index (χ4n) is 2.42. The molecule has 0 radical (unpaired) electrons. The summed E-state index contributed by atoms with van der Waals surface area (Å²) in [4.78, 5) is 4.26. The molecule has 124 valence electrons. The third-order valence-corrected chi connectivity index (χ3v) is 3.87. The van der Waals surface area contributed by atoms with Gasteiger partial charge in [-0.2, -0.15) is 17.9 Å². The molecule has 0 amide bonds. The summed E-state index contributed by atoms with van der Waals surface area (Å²) in [5.41, 5.74) is 5.72. The van der Waals surface area contributed by atoms with Crippen LogP contribution in [0, 0.1) is 5.21 Å². The summed E-state index contributed by atoms with van der Waals surface area (Å²) in [6.45, 7) is 0. The number of halogens is 4. The van der Waals surface area contributed by atoms with E-state index < -0.39 is 12.2 Å².